The molecule has 0 spiro atoms. The molecule has 0 saturated heterocycles. The average Bonchev–Trinajstić information content (AvgIpc) is 3.28. The van der Waals surface area contributed by atoms with Gasteiger partial charge in [-0.2, -0.15) is 0 Å². The lowest BCUT2D eigenvalue weighted by Crippen LogP contribution is -2.12. The molecule has 0 fully saturated rings. The minimum Gasteiger partial charge on any atom is -0.392 e. The summed E-state index contributed by atoms with van der Waals surface area (Å²) in [6.07, 6.45) is 5.67. The van der Waals surface area contributed by atoms with Gasteiger partial charge in [0.2, 0.25) is 0 Å². The fourth-order valence-electron chi connectivity index (χ4n) is 3.64. The minimum atomic E-state index is 0.0123. The van der Waals surface area contributed by atoms with Crippen LogP contribution in [0.4, 0.5) is 0 Å². The van der Waals surface area contributed by atoms with Crippen LogP contribution in [0.15, 0.2) is 78.2 Å². The van der Waals surface area contributed by atoms with Crippen LogP contribution in [0.3, 0.4) is 0 Å². The Balaban J connectivity index is 1.30. The van der Waals surface area contributed by atoms with Crippen molar-refractivity contribution in [2.75, 3.05) is 0 Å². The molecular weight excluding hydrogens is 386 g/mol. The number of carbonyl (C=O) groups excluding carboxylic acids is 1. The normalized spacial score (nSPS) is 15.4. The fraction of sp³-hybridized carbons (Fsp3) is 0.269. The number of oxime groups is 1. The Hall–Kier alpha value is -3.31. The molecule has 2 heterocycles. The summed E-state index contributed by atoms with van der Waals surface area (Å²) < 4.78 is 0. The third-order valence-corrected chi connectivity index (χ3v) is 5.46. The van der Waals surface area contributed by atoms with Gasteiger partial charge < -0.3 is 14.9 Å². The number of nitrogens with zero attached hydrogens (tertiary/aromatic N) is 2. The number of ketones is 1. The van der Waals surface area contributed by atoms with Gasteiger partial charge in [0.05, 0.1) is 5.71 Å². The Bertz CT molecular complexity index is 1030. The van der Waals surface area contributed by atoms with E-state index in [2.05, 4.69) is 64.0 Å². The first-order valence-electron chi connectivity index (χ1n) is 10.7. The molecule has 1 N–H and O–H groups in total. The molecule has 5 nitrogen and oxygen atoms in total. The molecule has 0 bridgehead atoms. The molecule has 1 atom stereocenters. The number of pyridine rings is 1. The summed E-state index contributed by atoms with van der Waals surface area (Å²) in [6, 6.07) is 21.1. The number of hydrogen-bond donors (Lipinski definition) is 1. The van der Waals surface area contributed by atoms with Gasteiger partial charge in [0.15, 0.2) is 0 Å². The number of rotatable bonds is 9. The summed E-state index contributed by atoms with van der Waals surface area (Å²) in [5, 5.41) is 7.69. The van der Waals surface area contributed by atoms with Crippen molar-refractivity contribution in [3.8, 4) is 11.1 Å². The van der Waals surface area contributed by atoms with Crippen molar-refractivity contribution in [1.29, 1.82) is 0 Å². The van der Waals surface area contributed by atoms with Crippen LogP contribution in [-0.2, 0) is 22.7 Å². The second-order valence-corrected chi connectivity index (χ2v) is 7.94. The SMILES string of the molecule is CC(=O)CC[C@H]1CC(c2ccc(-c3ccc(CNCc4ccncc4)cc3)cc2)=NO1. The van der Waals surface area contributed by atoms with E-state index in [9.17, 15) is 4.79 Å². The van der Waals surface area contributed by atoms with Gasteiger partial charge in [-0.3, -0.25) is 4.98 Å². The molecule has 1 aliphatic heterocycles. The Morgan fingerprint density at radius 2 is 1.48 bits per heavy atom. The highest BCUT2D eigenvalue weighted by Crippen LogP contribution is 2.24. The fourth-order valence-corrected chi connectivity index (χ4v) is 3.64. The summed E-state index contributed by atoms with van der Waals surface area (Å²) in [7, 11) is 0. The first-order chi connectivity index (χ1) is 15.2. The van der Waals surface area contributed by atoms with Gasteiger partial charge >= 0.3 is 0 Å². The van der Waals surface area contributed by atoms with E-state index in [1.54, 1.807) is 6.92 Å². The van der Waals surface area contributed by atoms with Crippen molar-refractivity contribution in [2.24, 2.45) is 5.16 Å². The number of benzene rings is 2. The van der Waals surface area contributed by atoms with Gasteiger partial charge in [-0.1, -0.05) is 53.7 Å². The monoisotopic (exact) mass is 413 g/mol. The van der Waals surface area contributed by atoms with Crippen LogP contribution in [0.25, 0.3) is 11.1 Å². The van der Waals surface area contributed by atoms with Crippen LogP contribution in [0.5, 0.6) is 0 Å². The standard InChI is InChI=1S/C26H27N3O2/c1-19(30)2-11-25-16-26(29-31-25)24-9-7-23(8-10-24)22-5-3-20(4-6-22)17-28-18-21-12-14-27-15-13-21/h3-10,12-15,25,28H,2,11,16-18H2,1H3/t25-/m0/s1. The largest absolute Gasteiger partial charge is 0.392 e. The lowest BCUT2D eigenvalue weighted by Gasteiger charge is -2.08. The zero-order valence-electron chi connectivity index (χ0n) is 17.8. The number of Topliss-reactive ketones (excluding diaryl/α,β-unsaturated/α-hetero) is 1. The summed E-state index contributed by atoms with van der Waals surface area (Å²) in [4.78, 5) is 20.7. The molecule has 1 aromatic heterocycles. The second kappa shape index (κ2) is 10.1. The van der Waals surface area contributed by atoms with Gasteiger partial charge in [-0.15, -0.1) is 0 Å². The quantitative estimate of drug-likeness (QED) is 0.542. The Labute approximate surface area is 183 Å². The van der Waals surface area contributed by atoms with E-state index in [0.717, 1.165) is 37.2 Å². The summed E-state index contributed by atoms with van der Waals surface area (Å²) in [6.45, 7) is 3.27. The zero-order chi connectivity index (χ0) is 21.5. The first kappa shape index (κ1) is 20.9. The van der Waals surface area contributed by atoms with E-state index in [4.69, 9.17) is 4.84 Å². The smallest absolute Gasteiger partial charge is 0.133 e. The topological polar surface area (TPSA) is 63.6 Å². The van der Waals surface area contributed by atoms with Crippen molar-refractivity contribution < 1.29 is 9.63 Å². The molecule has 0 saturated carbocycles. The highest BCUT2D eigenvalue weighted by molar-refractivity contribution is 6.01. The van der Waals surface area contributed by atoms with Crippen LogP contribution in [0.1, 0.15) is 42.9 Å². The van der Waals surface area contributed by atoms with Gasteiger partial charge in [0, 0.05) is 38.3 Å². The van der Waals surface area contributed by atoms with Crippen molar-refractivity contribution in [3.05, 3.63) is 89.7 Å². The molecule has 0 radical (unpaired) electrons. The van der Waals surface area contributed by atoms with E-state index in [0.29, 0.717) is 6.42 Å². The average molecular weight is 414 g/mol. The van der Waals surface area contributed by atoms with E-state index in [-0.39, 0.29) is 11.9 Å². The van der Waals surface area contributed by atoms with E-state index in [1.807, 2.05) is 24.5 Å². The minimum absolute atomic E-state index is 0.0123. The molecule has 1 aliphatic rings. The van der Waals surface area contributed by atoms with Crippen molar-refractivity contribution in [1.82, 2.24) is 10.3 Å². The third kappa shape index (κ3) is 5.86. The maximum atomic E-state index is 11.2. The Kier molecular flexibility index (Phi) is 6.85. The maximum absolute atomic E-state index is 11.2. The van der Waals surface area contributed by atoms with Crippen molar-refractivity contribution in [2.45, 2.75) is 45.4 Å². The molecule has 2 aromatic carbocycles. The molecule has 5 heteroatoms. The van der Waals surface area contributed by atoms with Crippen LogP contribution in [0.2, 0.25) is 0 Å². The summed E-state index contributed by atoms with van der Waals surface area (Å²) >= 11 is 0. The molecule has 3 aromatic rings. The van der Waals surface area contributed by atoms with Crippen LogP contribution < -0.4 is 5.32 Å². The van der Waals surface area contributed by atoms with Crippen LogP contribution in [-0.4, -0.2) is 22.6 Å². The first-order valence-corrected chi connectivity index (χ1v) is 10.7. The molecule has 31 heavy (non-hydrogen) atoms. The number of aromatic nitrogens is 1. The van der Waals surface area contributed by atoms with Gasteiger partial charge in [0.1, 0.15) is 11.9 Å². The van der Waals surface area contributed by atoms with E-state index < -0.39 is 0 Å². The highest BCUT2D eigenvalue weighted by atomic mass is 16.6. The molecule has 0 amide bonds. The molecule has 0 aliphatic carbocycles. The van der Waals surface area contributed by atoms with Crippen LogP contribution in [0, 0.1) is 0 Å². The third-order valence-electron chi connectivity index (χ3n) is 5.46. The van der Waals surface area contributed by atoms with Gasteiger partial charge in [-0.05, 0) is 53.3 Å². The number of carbonyl (C=O) groups is 1. The molecule has 0 unspecified atom stereocenters. The maximum Gasteiger partial charge on any atom is 0.133 e. The van der Waals surface area contributed by atoms with Crippen LogP contribution >= 0.6 is 0 Å². The Morgan fingerprint density at radius 1 is 0.903 bits per heavy atom. The molecule has 4 rings (SSSR count). The molecular formula is C26H27N3O2. The lowest BCUT2D eigenvalue weighted by molar-refractivity contribution is -0.117. The van der Waals surface area contributed by atoms with Gasteiger partial charge in [0.25, 0.3) is 0 Å². The van der Waals surface area contributed by atoms with E-state index in [1.165, 1.54) is 22.3 Å². The highest BCUT2D eigenvalue weighted by Gasteiger charge is 2.22. The second-order valence-electron chi connectivity index (χ2n) is 7.94. The zero-order valence-corrected chi connectivity index (χ0v) is 17.8. The Morgan fingerprint density at radius 3 is 2.13 bits per heavy atom. The number of hydrogen-bond acceptors (Lipinski definition) is 5. The van der Waals surface area contributed by atoms with Crippen molar-refractivity contribution >= 4 is 11.5 Å². The van der Waals surface area contributed by atoms with Gasteiger partial charge in [-0.25, -0.2) is 0 Å². The lowest BCUT2D eigenvalue weighted by atomic mass is 9.98. The predicted molar refractivity (Wildman–Crippen MR) is 123 cm³/mol. The van der Waals surface area contributed by atoms with Crippen molar-refractivity contribution in [3.63, 3.8) is 0 Å². The summed E-state index contributed by atoms with van der Waals surface area (Å²) in [5.74, 6) is 0.192. The van der Waals surface area contributed by atoms with E-state index >= 15 is 0 Å². The predicted octanol–water partition coefficient (Wildman–Crippen LogP) is 4.90. The number of nitrogens with one attached hydrogen (secondary N) is 1. The molecule has 158 valence electrons. The summed E-state index contributed by atoms with van der Waals surface area (Å²) in [5.41, 5.74) is 6.88.